The van der Waals surface area contributed by atoms with Crippen molar-refractivity contribution in [3.8, 4) is 0 Å². The van der Waals surface area contributed by atoms with Gasteiger partial charge in [0, 0.05) is 55.2 Å². The number of aromatic nitrogens is 3. The third kappa shape index (κ3) is 4.45. The minimum Gasteiger partial charge on any atom is -0.353 e. The highest BCUT2D eigenvalue weighted by Crippen LogP contribution is 2.26. The second-order valence-electron chi connectivity index (χ2n) is 8.01. The molecule has 5 rings (SSSR count). The Morgan fingerprint density at radius 1 is 0.939 bits per heavy atom. The Balaban J connectivity index is 1.31. The minimum absolute atomic E-state index is 0.281. The first kappa shape index (κ1) is 20.8. The molecule has 1 saturated heterocycles. The van der Waals surface area contributed by atoms with E-state index in [9.17, 15) is 9.18 Å². The Hall–Kier alpha value is -4.07. The van der Waals surface area contributed by atoms with Crippen LogP contribution in [0.3, 0.4) is 0 Å². The van der Waals surface area contributed by atoms with Crippen molar-refractivity contribution in [2.45, 2.75) is 6.92 Å². The number of nitrogens with one attached hydrogen (secondary N) is 1. The lowest BCUT2D eigenvalue weighted by atomic mass is 10.1. The van der Waals surface area contributed by atoms with Crippen LogP contribution >= 0.6 is 0 Å². The molecule has 3 heterocycles. The maximum atomic E-state index is 13.1. The highest BCUT2D eigenvalue weighted by atomic mass is 19.1. The van der Waals surface area contributed by atoms with Crippen molar-refractivity contribution in [3.05, 3.63) is 83.9 Å². The molecule has 0 aliphatic carbocycles. The van der Waals surface area contributed by atoms with Crippen LogP contribution in [0.5, 0.6) is 0 Å². The Morgan fingerprint density at radius 2 is 1.64 bits per heavy atom. The molecule has 8 heteroatoms. The molecule has 1 aliphatic heterocycles. The molecule has 0 radical (unpaired) electrons. The van der Waals surface area contributed by atoms with Gasteiger partial charge in [-0.05, 0) is 67.1 Å². The van der Waals surface area contributed by atoms with E-state index in [0.717, 1.165) is 54.4 Å². The van der Waals surface area contributed by atoms with Gasteiger partial charge in [0.15, 0.2) is 0 Å². The highest BCUT2D eigenvalue weighted by Gasteiger charge is 2.20. The van der Waals surface area contributed by atoms with Gasteiger partial charge in [-0.15, -0.1) is 0 Å². The summed E-state index contributed by atoms with van der Waals surface area (Å²) in [7, 11) is 0. The topological polar surface area (TPSA) is 74.2 Å². The number of carbonyl (C=O) groups is 1. The maximum Gasteiger partial charge on any atom is 0.255 e. The van der Waals surface area contributed by atoms with E-state index in [-0.39, 0.29) is 11.7 Å². The van der Waals surface area contributed by atoms with Crippen molar-refractivity contribution in [1.82, 2.24) is 15.0 Å². The van der Waals surface area contributed by atoms with Gasteiger partial charge >= 0.3 is 0 Å². The van der Waals surface area contributed by atoms with Crippen LogP contribution in [0.2, 0.25) is 0 Å². The van der Waals surface area contributed by atoms with Crippen LogP contribution in [0.15, 0.2) is 67.0 Å². The van der Waals surface area contributed by atoms with Crippen molar-refractivity contribution >= 4 is 34.3 Å². The van der Waals surface area contributed by atoms with Crippen LogP contribution in [0, 0.1) is 12.7 Å². The van der Waals surface area contributed by atoms with Crippen LogP contribution in [0.1, 0.15) is 15.9 Å². The molecular weight excluding hydrogens is 419 g/mol. The standard InChI is InChI=1S/C25H23FN6O/c1-17-15-23(31-11-13-32(14-12-31)25-27-9-2-10-28-25)30-22-8-7-20(16-21(17)22)29-24(33)18-3-5-19(26)6-4-18/h2-10,15-16H,11-14H2,1H3,(H,29,33). The van der Waals surface area contributed by atoms with Gasteiger partial charge in [-0.25, -0.2) is 19.3 Å². The fraction of sp³-hybridized carbons (Fsp3) is 0.200. The van der Waals surface area contributed by atoms with E-state index >= 15 is 0 Å². The molecule has 2 aromatic heterocycles. The zero-order valence-corrected chi connectivity index (χ0v) is 18.2. The summed E-state index contributed by atoms with van der Waals surface area (Å²) in [6.07, 6.45) is 3.53. The van der Waals surface area contributed by atoms with Crippen molar-refractivity contribution in [2.24, 2.45) is 0 Å². The molecule has 1 amide bonds. The lowest BCUT2D eigenvalue weighted by Gasteiger charge is -2.35. The summed E-state index contributed by atoms with van der Waals surface area (Å²) in [4.78, 5) is 30.5. The van der Waals surface area contributed by atoms with Crippen LogP contribution < -0.4 is 15.1 Å². The number of halogens is 1. The molecule has 1 N–H and O–H groups in total. The molecule has 0 unspecified atom stereocenters. The first-order valence-electron chi connectivity index (χ1n) is 10.8. The second kappa shape index (κ2) is 8.82. The number of carbonyl (C=O) groups excluding carboxylic acids is 1. The SMILES string of the molecule is Cc1cc(N2CCN(c3ncccn3)CC2)nc2ccc(NC(=O)c3ccc(F)cc3)cc12. The lowest BCUT2D eigenvalue weighted by molar-refractivity contribution is 0.102. The molecule has 4 aromatic rings. The molecule has 1 aliphatic rings. The molecule has 1 fully saturated rings. The maximum absolute atomic E-state index is 13.1. The predicted octanol–water partition coefficient (Wildman–Crippen LogP) is 4.05. The molecule has 0 atom stereocenters. The summed E-state index contributed by atoms with van der Waals surface area (Å²) < 4.78 is 13.1. The zero-order valence-electron chi connectivity index (χ0n) is 18.2. The summed E-state index contributed by atoms with van der Waals surface area (Å²) in [5, 5.41) is 3.86. The van der Waals surface area contributed by atoms with Gasteiger partial charge in [-0.1, -0.05) is 0 Å². The molecule has 166 valence electrons. The van der Waals surface area contributed by atoms with E-state index in [0.29, 0.717) is 11.3 Å². The van der Waals surface area contributed by atoms with Crippen molar-refractivity contribution in [1.29, 1.82) is 0 Å². The Kier molecular flexibility index (Phi) is 5.56. The minimum atomic E-state index is -0.371. The molecular formula is C25H23FN6O. The average molecular weight is 442 g/mol. The fourth-order valence-corrected chi connectivity index (χ4v) is 4.01. The zero-order chi connectivity index (χ0) is 22.8. The Labute approximate surface area is 190 Å². The van der Waals surface area contributed by atoms with Gasteiger partial charge in [0.05, 0.1) is 5.52 Å². The van der Waals surface area contributed by atoms with Crippen LogP contribution in [-0.2, 0) is 0 Å². The van der Waals surface area contributed by atoms with Crippen LogP contribution in [0.25, 0.3) is 10.9 Å². The van der Waals surface area contributed by atoms with Crippen LogP contribution in [0.4, 0.5) is 21.8 Å². The summed E-state index contributed by atoms with van der Waals surface area (Å²) in [6, 6.07) is 15.1. The van der Waals surface area contributed by atoms with Crippen molar-refractivity contribution in [3.63, 3.8) is 0 Å². The highest BCUT2D eigenvalue weighted by molar-refractivity contribution is 6.05. The third-order valence-corrected chi connectivity index (χ3v) is 5.80. The number of fused-ring (bicyclic) bond motifs is 1. The molecule has 33 heavy (non-hydrogen) atoms. The molecule has 7 nitrogen and oxygen atoms in total. The summed E-state index contributed by atoms with van der Waals surface area (Å²) >= 11 is 0. The number of hydrogen-bond donors (Lipinski definition) is 1. The van der Waals surface area contributed by atoms with Gasteiger partial charge in [-0.2, -0.15) is 0 Å². The Bertz CT molecular complexity index is 1290. The van der Waals surface area contributed by atoms with Crippen LogP contribution in [-0.4, -0.2) is 47.0 Å². The number of anilines is 3. The van der Waals surface area contributed by atoms with Gasteiger partial charge in [0.1, 0.15) is 11.6 Å². The van der Waals surface area contributed by atoms with Gasteiger partial charge in [-0.3, -0.25) is 4.79 Å². The average Bonchev–Trinajstić information content (AvgIpc) is 2.85. The lowest BCUT2D eigenvalue weighted by Crippen LogP contribution is -2.47. The Morgan fingerprint density at radius 3 is 2.36 bits per heavy atom. The number of pyridine rings is 1. The van der Waals surface area contributed by atoms with Gasteiger partial charge in [0.2, 0.25) is 5.95 Å². The second-order valence-corrected chi connectivity index (χ2v) is 8.01. The largest absolute Gasteiger partial charge is 0.353 e. The molecule has 0 bridgehead atoms. The molecule has 0 saturated carbocycles. The first-order valence-corrected chi connectivity index (χ1v) is 10.8. The number of piperazine rings is 1. The van der Waals surface area contributed by atoms with E-state index in [4.69, 9.17) is 4.98 Å². The summed E-state index contributed by atoms with van der Waals surface area (Å²) in [5.74, 6) is 1.05. The quantitative estimate of drug-likeness (QED) is 0.514. The normalized spacial score (nSPS) is 13.9. The fourth-order valence-electron chi connectivity index (χ4n) is 4.01. The first-order chi connectivity index (χ1) is 16.1. The van der Waals surface area contributed by atoms with E-state index < -0.39 is 0 Å². The van der Waals surface area contributed by atoms with E-state index in [1.165, 1.54) is 24.3 Å². The number of hydrogen-bond acceptors (Lipinski definition) is 6. The third-order valence-electron chi connectivity index (χ3n) is 5.80. The summed E-state index contributed by atoms with van der Waals surface area (Å²) in [6.45, 7) is 5.38. The number of nitrogens with zero attached hydrogens (tertiary/aromatic N) is 5. The number of benzene rings is 2. The van der Waals surface area contributed by atoms with Gasteiger partial charge in [0.25, 0.3) is 5.91 Å². The number of rotatable bonds is 4. The smallest absolute Gasteiger partial charge is 0.255 e. The predicted molar refractivity (Wildman–Crippen MR) is 127 cm³/mol. The van der Waals surface area contributed by atoms with E-state index in [1.807, 2.05) is 31.2 Å². The van der Waals surface area contributed by atoms with E-state index in [2.05, 4.69) is 31.2 Å². The summed E-state index contributed by atoms with van der Waals surface area (Å²) in [5.41, 5.74) is 3.04. The van der Waals surface area contributed by atoms with E-state index in [1.54, 1.807) is 12.4 Å². The van der Waals surface area contributed by atoms with Crippen molar-refractivity contribution < 1.29 is 9.18 Å². The van der Waals surface area contributed by atoms with Crippen molar-refractivity contribution in [2.75, 3.05) is 41.3 Å². The van der Waals surface area contributed by atoms with Gasteiger partial charge < -0.3 is 15.1 Å². The molecule has 2 aromatic carbocycles. The number of aryl methyl sites for hydroxylation is 1. The molecule has 0 spiro atoms. The monoisotopic (exact) mass is 442 g/mol. The number of amides is 1.